The Hall–Kier alpha value is -2.63. The number of ether oxygens (including phenoxy) is 1. The van der Waals surface area contributed by atoms with Crippen molar-refractivity contribution in [2.45, 2.75) is 32.3 Å². The van der Waals surface area contributed by atoms with Crippen LogP contribution in [0.25, 0.3) is 0 Å². The van der Waals surface area contributed by atoms with Crippen LogP contribution in [-0.4, -0.2) is 35.0 Å². The first-order valence-corrected chi connectivity index (χ1v) is 8.07. The van der Waals surface area contributed by atoms with Gasteiger partial charge in [0, 0.05) is 31.5 Å². The highest BCUT2D eigenvalue weighted by atomic mass is 16.6. The van der Waals surface area contributed by atoms with Gasteiger partial charge in [0.1, 0.15) is 16.9 Å². The summed E-state index contributed by atoms with van der Waals surface area (Å²) >= 11 is 0. The minimum atomic E-state index is -0.594. The zero-order chi connectivity index (χ0) is 16.9. The van der Waals surface area contributed by atoms with Crippen molar-refractivity contribution in [3.8, 4) is 0 Å². The minimum absolute atomic E-state index is 0.0706. The molecule has 0 unspecified atom stereocenters. The lowest BCUT2D eigenvalue weighted by Gasteiger charge is -2.38. The molecule has 0 bridgehead atoms. The minimum Gasteiger partial charge on any atom is -0.450 e. The van der Waals surface area contributed by atoms with Crippen LogP contribution in [0.2, 0.25) is 0 Å². The van der Waals surface area contributed by atoms with E-state index in [4.69, 9.17) is 9.26 Å². The van der Waals surface area contributed by atoms with Crippen molar-refractivity contribution in [1.82, 2.24) is 10.1 Å². The van der Waals surface area contributed by atoms with Gasteiger partial charge >= 0.3 is 5.97 Å². The van der Waals surface area contributed by atoms with E-state index < -0.39 is 5.60 Å². The molecule has 0 aliphatic carbocycles. The van der Waals surface area contributed by atoms with Crippen LogP contribution in [0.3, 0.4) is 0 Å². The average molecular weight is 326 g/mol. The first-order valence-electron chi connectivity index (χ1n) is 8.07. The lowest BCUT2D eigenvalue weighted by molar-refractivity contribution is -0.0389. The molecule has 1 fully saturated rings. The Balaban J connectivity index is 1.56. The number of carbonyl (C=O) groups excluding carboxylic acids is 2. The normalized spacial score (nSPS) is 18.6. The smallest absolute Gasteiger partial charge is 0.339 e. The third-order valence-electron chi connectivity index (χ3n) is 5.03. The van der Waals surface area contributed by atoms with Crippen LogP contribution in [0.1, 0.15) is 50.6 Å². The molecule has 1 saturated heterocycles. The number of amides is 1. The van der Waals surface area contributed by atoms with Crippen molar-refractivity contribution in [2.75, 3.05) is 13.1 Å². The van der Waals surface area contributed by atoms with Crippen LogP contribution in [0.4, 0.5) is 0 Å². The molecule has 24 heavy (non-hydrogen) atoms. The van der Waals surface area contributed by atoms with Crippen LogP contribution >= 0.6 is 0 Å². The van der Waals surface area contributed by atoms with E-state index in [9.17, 15) is 9.59 Å². The molecule has 0 saturated carbocycles. The Morgan fingerprint density at radius 2 is 1.92 bits per heavy atom. The standard InChI is InChI=1S/C18H18N2O4/c1-11-15(12(2)24-19-11)16(21)20-9-7-18(8-10-20)14-6-4-3-5-13(14)17(22)23-18/h3-6H,7-10H2,1-2H3. The largest absolute Gasteiger partial charge is 0.450 e. The van der Waals surface area contributed by atoms with E-state index in [1.165, 1.54) is 0 Å². The SMILES string of the molecule is Cc1noc(C)c1C(=O)N1CCC2(CC1)OC(=O)c1ccccc12. The van der Waals surface area contributed by atoms with Gasteiger partial charge in [0.05, 0.1) is 11.3 Å². The highest BCUT2D eigenvalue weighted by molar-refractivity contribution is 5.96. The molecule has 1 aromatic carbocycles. The summed E-state index contributed by atoms with van der Waals surface area (Å²) in [5.41, 5.74) is 2.14. The van der Waals surface area contributed by atoms with Crippen molar-refractivity contribution in [3.05, 3.63) is 52.4 Å². The second-order valence-corrected chi connectivity index (χ2v) is 6.42. The monoisotopic (exact) mass is 326 g/mol. The first kappa shape index (κ1) is 14.9. The molecular formula is C18H18N2O4. The van der Waals surface area contributed by atoms with E-state index in [1.807, 2.05) is 18.2 Å². The predicted octanol–water partition coefficient (Wildman–Crippen LogP) is 2.59. The van der Waals surface area contributed by atoms with Gasteiger partial charge in [0.25, 0.3) is 5.91 Å². The van der Waals surface area contributed by atoms with Gasteiger partial charge in [-0.25, -0.2) is 4.79 Å². The Morgan fingerprint density at radius 3 is 2.58 bits per heavy atom. The molecule has 2 aliphatic rings. The van der Waals surface area contributed by atoms with Gasteiger partial charge in [-0.2, -0.15) is 0 Å². The number of aromatic nitrogens is 1. The number of fused-ring (bicyclic) bond motifs is 2. The zero-order valence-electron chi connectivity index (χ0n) is 13.7. The van der Waals surface area contributed by atoms with E-state index in [-0.39, 0.29) is 11.9 Å². The zero-order valence-corrected chi connectivity index (χ0v) is 13.7. The highest BCUT2D eigenvalue weighted by Gasteiger charge is 2.47. The maximum absolute atomic E-state index is 12.7. The summed E-state index contributed by atoms with van der Waals surface area (Å²) in [7, 11) is 0. The average Bonchev–Trinajstić information content (AvgIpc) is 3.06. The maximum Gasteiger partial charge on any atom is 0.339 e. The van der Waals surface area contributed by atoms with Crippen molar-refractivity contribution < 1.29 is 18.8 Å². The third kappa shape index (κ3) is 2.06. The number of hydrogen-bond donors (Lipinski definition) is 0. The number of likely N-dealkylation sites (tertiary alicyclic amines) is 1. The summed E-state index contributed by atoms with van der Waals surface area (Å²) in [4.78, 5) is 26.6. The Bertz CT molecular complexity index is 812. The fraction of sp³-hybridized carbons (Fsp3) is 0.389. The molecule has 1 aromatic heterocycles. The van der Waals surface area contributed by atoms with E-state index >= 15 is 0 Å². The number of hydrogen-bond acceptors (Lipinski definition) is 5. The van der Waals surface area contributed by atoms with Gasteiger partial charge in [-0.15, -0.1) is 0 Å². The summed E-state index contributed by atoms with van der Waals surface area (Å²) < 4.78 is 10.8. The summed E-state index contributed by atoms with van der Waals surface area (Å²) in [6.07, 6.45) is 1.20. The molecule has 2 aliphatic heterocycles. The molecule has 3 heterocycles. The van der Waals surface area contributed by atoms with E-state index in [0.717, 1.165) is 5.56 Å². The second-order valence-electron chi connectivity index (χ2n) is 6.42. The molecule has 0 N–H and O–H groups in total. The number of piperidine rings is 1. The summed E-state index contributed by atoms with van der Waals surface area (Å²) in [5.74, 6) is 0.199. The quantitative estimate of drug-likeness (QED) is 0.753. The number of carbonyl (C=O) groups is 2. The van der Waals surface area contributed by atoms with Crippen LogP contribution in [0.15, 0.2) is 28.8 Å². The molecule has 0 radical (unpaired) electrons. The molecule has 1 spiro atoms. The summed E-state index contributed by atoms with van der Waals surface area (Å²) in [5, 5.41) is 3.85. The number of nitrogens with zero attached hydrogens (tertiary/aromatic N) is 2. The van der Waals surface area contributed by atoms with Crippen LogP contribution < -0.4 is 0 Å². The lowest BCUT2D eigenvalue weighted by Crippen LogP contribution is -2.45. The van der Waals surface area contributed by atoms with Crippen LogP contribution in [0, 0.1) is 13.8 Å². The van der Waals surface area contributed by atoms with Crippen molar-refractivity contribution in [3.63, 3.8) is 0 Å². The van der Waals surface area contributed by atoms with Gasteiger partial charge in [-0.05, 0) is 19.9 Å². The Kier molecular flexibility index (Phi) is 3.23. The molecule has 0 atom stereocenters. The fourth-order valence-electron chi connectivity index (χ4n) is 3.73. The number of rotatable bonds is 1. The third-order valence-corrected chi connectivity index (χ3v) is 5.03. The molecule has 124 valence electrons. The second kappa shape index (κ2) is 5.19. The molecule has 4 rings (SSSR count). The van der Waals surface area contributed by atoms with Gasteiger partial charge in [-0.3, -0.25) is 4.79 Å². The van der Waals surface area contributed by atoms with Crippen molar-refractivity contribution in [1.29, 1.82) is 0 Å². The van der Waals surface area contributed by atoms with Gasteiger partial charge in [-0.1, -0.05) is 23.4 Å². The maximum atomic E-state index is 12.7. The van der Waals surface area contributed by atoms with Gasteiger partial charge < -0.3 is 14.2 Å². The lowest BCUT2D eigenvalue weighted by atomic mass is 9.83. The topological polar surface area (TPSA) is 72.6 Å². The number of aryl methyl sites for hydroxylation is 2. The predicted molar refractivity (Wildman–Crippen MR) is 84.7 cm³/mol. The molecule has 6 nitrogen and oxygen atoms in total. The number of benzene rings is 1. The summed E-state index contributed by atoms with van der Waals surface area (Å²) in [6, 6.07) is 7.51. The van der Waals surface area contributed by atoms with Crippen LogP contribution in [-0.2, 0) is 10.3 Å². The van der Waals surface area contributed by atoms with Gasteiger partial charge in [0.2, 0.25) is 0 Å². The molecular weight excluding hydrogens is 308 g/mol. The summed E-state index contributed by atoms with van der Waals surface area (Å²) in [6.45, 7) is 4.58. The highest BCUT2D eigenvalue weighted by Crippen LogP contribution is 2.44. The molecule has 2 aromatic rings. The first-order chi connectivity index (χ1) is 11.5. The Morgan fingerprint density at radius 1 is 1.21 bits per heavy atom. The Labute approximate surface area is 139 Å². The molecule has 6 heteroatoms. The van der Waals surface area contributed by atoms with E-state index in [2.05, 4.69) is 5.16 Å². The fourth-order valence-corrected chi connectivity index (χ4v) is 3.73. The van der Waals surface area contributed by atoms with E-state index in [0.29, 0.717) is 48.5 Å². The van der Waals surface area contributed by atoms with E-state index in [1.54, 1.807) is 24.8 Å². The van der Waals surface area contributed by atoms with Crippen LogP contribution in [0.5, 0.6) is 0 Å². The van der Waals surface area contributed by atoms with Gasteiger partial charge in [0.15, 0.2) is 0 Å². The molecule has 1 amide bonds. The van der Waals surface area contributed by atoms with Crippen molar-refractivity contribution >= 4 is 11.9 Å². The number of esters is 1. The van der Waals surface area contributed by atoms with Crippen molar-refractivity contribution in [2.24, 2.45) is 0 Å².